The summed E-state index contributed by atoms with van der Waals surface area (Å²) in [4.78, 5) is 1.23. The van der Waals surface area contributed by atoms with E-state index in [0.717, 1.165) is 10.2 Å². The Labute approximate surface area is 102 Å². The molecule has 0 aromatic carbocycles. The monoisotopic (exact) mass is 291 g/mol. The van der Waals surface area contributed by atoms with Crippen molar-refractivity contribution in [3.05, 3.63) is 20.8 Å². The summed E-state index contributed by atoms with van der Waals surface area (Å²) in [5.74, 6) is 0. The molecule has 0 N–H and O–H groups in total. The lowest BCUT2D eigenvalue weighted by atomic mass is 10.3. The number of nitrogens with zero attached hydrogens (tertiary/aromatic N) is 1. The van der Waals surface area contributed by atoms with E-state index in [1.54, 1.807) is 23.3 Å². The Morgan fingerprint density at radius 2 is 2.14 bits per heavy atom. The highest BCUT2D eigenvalue weighted by atomic mass is 79.9. The molecule has 1 rings (SSSR count). The molecule has 0 saturated heterocycles. The number of rotatable bonds is 2. The highest BCUT2D eigenvalue weighted by molar-refractivity contribution is 9.10. The van der Waals surface area contributed by atoms with Gasteiger partial charge in [-0.25, -0.2) is 4.40 Å². The van der Waals surface area contributed by atoms with E-state index >= 15 is 0 Å². The summed E-state index contributed by atoms with van der Waals surface area (Å²) in [6.45, 7) is 8.55. The van der Waals surface area contributed by atoms with Crippen LogP contribution in [-0.2, 0) is 0 Å². The minimum Gasteiger partial charge on any atom is -0.219 e. The fraction of sp³-hybridized carbons (Fsp3) is 0.500. The average molecular weight is 292 g/mol. The van der Waals surface area contributed by atoms with Gasteiger partial charge in [0.15, 0.2) is 0 Å². The van der Waals surface area contributed by atoms with Crippen LogP contribution in [0.25, 0.3) is 0 Å². The predicted molar refractivity (Wildman–Crippen MR) is 71.6 cm³/mol. The Kier molecular flexibility index (Phi) is 4.22. The highest BCUT2D eigenvalue weighted by Crippen LogP contribution is 2.27. The number of hydrogen-bond donors (Lipinski definition) is 0. The zero-order valence-electron chi connectivity index (χ0n) is 8.80. The van der Waals surface area contributed by atoms with Crippen molar-refractivity contribution < 1.29 is 0 Å². The van der Waals surface area contributed by atoms with Gasteiger partial charge in [0.25, 0.3) is 0 Å². The average Bonchev–Trinajstić information content (AvgIpc) is 2.46. The molecule has 1 heterocycles. The Balaban J connectivity index is 2.70. The molecule has 4 heteroatoms. The van der Waals surface area contributed by atoms with Crippen molar-refractivity contribution in [3.63, 3.8) is 0 Å². The highest BCUT2D eigenvalue weighted by Gasteiger charge is 2.10. The van der Waals surface area contributed by atoms with Crippen LogP contribution in [0.1, 0.15) is 32.6 Å². The second-order valence-electron chi connectivity index (χ2n) is 4.01. The predicted octanol–water partition coefficient (Wildman–Crippen LogP) is 4.77. The molecular weight excluding hydrogens is 278 g/mol. The number of hydrogen-bond acceptors (Lipinski definition) is 3. The van der Waals surface area contributed by atoms with Crippen molar-refractivity contribution in [2.75, 3.05) is 0 Å². The molecule has 78 valence electrons. The van der Waals surface area contributed by atoms with Gasteiger partial charge in [-0.1, -0.05) is 0 Å². The Bertz CT molecular complexity index is 336. The fourth-order valence-corrected chi connectivity index (χ4v) is 2.70. The lowest BCUT2D eigenvalue weighted by Gasteiger charge is -2.13. The minimum atomic E-state index is 0.190. The summed E-state index contributed by atoms with van der Waals surface area (Å²) in [5.41, 5.74) is 1.10. The second-order valence-corrected chi connectivity index (χ2v) is 7.43. The molecule has 1 aromatic heterocycles. The van der Waals surface area contributed by atoms with E-state index < -0.39 is 0 Å². The van der Waals surface area contributed by atoms with Crippen LogP contribution in [0.15, 0.2) is 20.3 Å². The van der Waals surface area contributed by atoms with Crippen LogP contribution in [0.5, 0.6) is 0 Å². The van der Waals surface area contributed by atoms with Crippen molar-refractivity contribution in [2.45, 2.75) is 32.4 Å². The molecule has 0 saturated carbocycles. The topological polar surface area (TPSA) is 12.4 Å². The Morgan fingerprint density at radius 3 is 2.57 bits per heavy atom. The molecule has 0 amide bonds. The van der Waals surface area contributed by atoms with Gasteiger partial charge in [0, 0.05) is 14.6 Å². The minimum absolute atomic E-state index is 0.190. The van der Waals surface area contributed by atoms with Gasteiger partial charge < -0.3 is 0 Å². The van der Waals surface area contributed by atoms with Crippen LogP contribution in [0.3, 0.4) is 0 Å². The molecule has 0 fully saturated rings. The van der Waals surface area contributed by atoms with E-state index in [1.165, 1.54) is 4.88 Å². The maximum Gasteiger partial charge on any atom is 0.0628 e. The molecule has 0 aliphatic heterocycles. The first kappa shape index (κ1) is 12.3. The van der Waals surface area contributed by atoms with Gasteiger partial charge in [0.1, 0.15) is 0 Å². The maximum absolute atomic E-state index is 4.50. The van der Waals surface area contributed by atoms with Gasteiger partial charge in [-0.05, 0) is 61.6 Å². The number of thiophene rings is 1. The van der Waals surface area contributed by atoms with Crippen LogP contribution >= 0.6 is 39.2 Å². The first-order valence-electron chi connectivity index (χ1n) is 4.36. The zero-order valence-corrected chi connectivity index (χ0v) is 12.0. The van der Waals surface area contributed by atoms with E-state index in [9.17, 15) is 0 Å². The van der Waals surface area contributed by atoms with Gasteiger partial charge in [0.2, 0.25) is 0 Å². The third-order valence-corrected chi connectivity index (χ3v) is 4.09. The van der Waals surface area contributed by atoms with Crippen LogP contribution in [0.4, 0.5) is 0 Å². The molecule has 0 aliphatic carbocycles. The molecule has 14 heavy (non-hydrogen) atoms. The quantitative estimate of drug-likeness (QED) is 0.565. The van der Waals surface area contributed by atoms with Gasteiger partial charge in [-0.2, -0.15) is 0 Å². The third-order valence-electron chi connectivity index (χ3n) is 1.38. The molecule has 1 aromatic rings. The maximum atomic E-state index is 4.50. The van der Waals surface area contributed by atoms with E-state index in [1.807, 2.05) is 0 Å². The van der Waals surface area contributed by atoms with Crippen molar-refractivity contribution in [1.29, 1.82) is 0 Å². The summed E-state index contributed by atoms with van der Waals surface area (Å²) in [6, 6.07) is 2.10. The first-order valence-corrected chi connectivity index (χ1v) is 6.80. The molecule has 0 atom stereocenters. The van der Waals surface area contributed by atoms with Crippen LogP contribution in [-0.4, -0.2) is 10.5 Å². The van der Waals surface area contributed by atoms with Crippen LogP contribution < -0.4 is 0 Å². The lowest BCUT2D eigenvalue weighted by molar-refractivity contribution is 0.804. The van der Waals surface area contributed by atoms with Crippen molar-refractivity contribution in [1.82, 2.24) is 0 Å². The van der Waals surface area contributed by atoms with Crippen molar-refractivity contribution in [3.8, 4) is 0 Å². The molecule has 0 aliphatic rings. The summed E-state index contributed by atoms with van der Waals surface area (Å²) < 4.78 is 5.82. The Morgan fingerprint density at radius 1 is 1.50 bits per heavy atom. The molecule has 0 unspecified atom stereocenters. The van der Waals surface area contributed by atoms with E-state index in [2.05, 4.69) is 59.5 Å². The standard InChI is InChI=1S/C10H14BrNS2/c1-7(12-14-10(2,3)4)9-5-8(11)6-13-9/h5-6H,1-4H3/b12-7+. The van der Waals surface area contributed by atoms with E-state index in [-0.39, 0.29) is 4.75 Å². The number of halogens is 1. The smallest absolute Gasteiger partial charge is 0.0628 e. The summed E-state index contributed by atoms with van der Waals surface area (Å²) >= 11 is 6.78. The van der Waals surface area contributed by atoms with Gasteiger partial charge >= 0.3 is 0 Å². The molecule has 0 bridgehead atoms. The largest absolute Gasteiger partial charge is 0.219 e. The third kappa shape index (κ3) is 4.15. The summed E-state index contributed by atoms with van der Waals surface area (Å²) in [6.07, 6.45) is 0. The summed E-state index contributed by atoms with van der Waals surface area (Å²) in [7, 11) is 0. The SMILES string of the molecule is C/C(=N\SC(C)(C)C)c1cc(Br)cs1. The lowest BCUT2D eigenvalue weighted by Crippen LogP contribution is -2.06. The van der Waals surface area contributed by atoms with Gasteiger partial charge in [-0.3, -0.25) is 0 Å². The van der Waals surface area contributed by atoms with E-state index in [0.29, 0.717) is 0 Å². The summed E-state index contributed by atoms with van der Waals surface area (Å²) in [5, 5.41) is 2.08. The van der Waals surface area contributed by atoms with Crippen LogP contribution in [0.2, 0.25) is 0 Å². The Hall–Kier alpha value is 0.200. The van der Waals surface area contributed by atoms with Gasteiger partial charge in [0.05, 0.1) is 10.6 Å². The van der Waals surface area contributed by atoms with Crippen molar-refractivity contribution >= 4 is 44.9 Å². The van der Waals surface area contributed by atoms with Crippen LogP contribution in [0, 0.1) is 0 Å². The van der Waals surface area contributed by atoms with Gasteiger partial charge in [-0.15, -0.1) is 11.3 Å². The molecular formula is C10H14BrNS2. The molecule has 1 nitrogen and oxygen atoms in total. The first-order chi connectivity index (χ1) is 6.38. The van der Waals surface area contributed by atoms with E-state index in [4.69, 9.17) is 0 Å². The molecule has 0 spiro atoms. The normalized spacial score (nSPS) is 13.4. The zero-order chi connectivity index (χ0) is 10.8. The fourth-order valence-electron chi connectivity index (χ4n) is 0.753. The second kappa shape index (κ2) is 4.81. The molecule has 0 radical (unpaired) electrons. The van der Waals surface area contributed by atoms with Crippen molar-refractivity contribution in [2.24, 2.45) is 4.40 Å².